The van der Waals surface area contributed by atoms with Crippen LogP contribution in [0.25, 0.3) is 0 Å². The molecule has 2 unspecified atom stereocenters. The lowest BCUT2D eigenvalue weighted by atomic mass is 10.0. The first kappa shape index (κ1) is 55.7. The van der Waals surface area contributed by atoms with Gasteiger partial charge < -0.3 is 24.8 Å². The molecule has 0 aliphatic carbocycles. The number of rotatable bonds is 22. The van der Waals surface area contributed by atoms with E-state index < -0.39 is 0 Å². The van der Waals surface area contributed by atoms with Crippen LogP contribution in [-0.2, 0) is 9.59 Å². The molecule has 4 nitrogen and oxygen atoms in total. The van der Waals surface area contributed by atoms with Gasteiger partial charge in [0.1, 0.15) is 0 Å². The molecular weight excluding hydrogens is 623 g/mol. The maximum absolute atomic E-state index is 12.4. The number of nitrogens with zero attached hydrogens (tertiary/aromatic N) is 2. The highest BCUT2D eigenvalue weighted by molar-refractivity contribution is 5.82. The van der Waals surface area contributed by atoms with E-state index in [1.165, 1.54) is 109 Å². The Bertz CT molecular complexity index is 718. The van der Waals surface area contributed by atoms with Crippen molar-refractivity contribution in [1.82, 2.24) is 0 Å². The maximum atomic E-state index is 12.4. The first-order valence-corrected chi connectivity index (χ1v) is 19.2. The molecule has 0 saturated carbocycles. The van der Waals surface area contributed by atoms with Gasteiger partial charge in [0, 0.05) is 12.2 Å². The summed E-state index contributed by atoms with van der Waals surface area (Å²) in [5.41, 5.74) is 2.19. The number of amides is 2. The number of unbranched alkanes of at least 4 members (excludes halogenated alkanes) is 12. The molecule has 0 fully saturated rings. The van der Waals surface area contributed by atoms with Crippen LogP contribution in [0.4, 0.5) is 0 Å². The lowest BCUT2D eigenvalue weighted by Crippen LogP contribution is -3.00. The number of halogens is 2. The largest absolute Gasteiger partial charge is 1.00 e. The standard InChI is InChI=1S/2C19H38NO.C3H8.2ClH/c2*1-7-9-10-11-12-13-14-15-18(8-2)20(5,6)19(21)16-17(3)4;1-3-2;;/h2*16,18H,7-15H2,1-6H3;3H2,1-2H3;2*1H/q2*+1;;;/p-2. The zero-order valence-electron chi connectivity index (χ0n) is 34.2. The minimum absolute atomic E-state index is 0. The third-order valence-corrected chi connectivity index (χ3v) is 9.01. The number of hydrogen-bond donors (Lipinski definition) is 0. The molecule has 0 heterocycles. The van der Waals surface area contributed by atoms with Gasteiger partial charge in [0.2, 0.25) is 0 Å². The lowest BCUT2D eigenvalue weighted by Gasteiger charge is -2.34. The molecule has 0 aromatic carbocycles. The molecule has 0 bridgehead atoms. The van der Waals surface area contributed by atoms with Crippen molar-refractivity contribution in [2.45, 2.75) is 203 Å². The Labute approximate surface area is 309 Å². The second-order valence-electron chi connectivity index (χ2n) is 14.9. The first-order valence-electron chi connectivity index (χ1n) is 19.2. The summed E-state index contributed by atoms with van der Waals surface area (Å²) in [6, 6.07) is 0.896. The van der Waals surface area contributed by atoms with Crippen LogP contribution in [0.1, 0.15) is 191 Å². The molecular formula is C41H84Cl2N2O2. The molecule has 0 N–H and O–H groups in total. The van der Waals surface area contributed by atoms with Gasteiger partial charge in [0.15, 0.2) is 0 Å². The number of carbonyl (C=O) groups excluding carboxylic acids is 2. The topological polar surface area (TPSA) is 34.1 Å². The summed E-state index contributed by atoms with van der Waals surface area (Å²) >= 11 is 0. The number of likely N-dealkylation sites (N-methyl/N-ethyl adjacent to an activating group) is 2. The summed E-state index contributed by atoms with van der Waals surface area (Å²) in [4.78, 5) is 24.8. The van der Waals surface area contributed by atoms with Crippen LogP contribution in [0, 0.1) is 0 Å². The van der Waals surface area contributed by atoms with Crippen molar-refractivity contribution in [3.63, 3.8) is 0 Å². The molecule has 0 aliphatic heterocycles. The van der Waals surface area contributed by atoms with Gasteiger partial charge >= 0.3 is 11.8 Å². The lowest BCUT2D eigenvalue weighted by molar-refractivity contribution is -0.839. The summed E-state index contributed by atoms with van der Waals surface area (Å²) in [5, 5.41) is 0. The van der Waals surface area contributed by atoms with E-state index in [0.29, 0.717) is 21.0 Å². The molecule has 0 aromatic rings. The average Bonchev–Trinajstić information content (AvgIpc) is 2.95. The van der Waals surface area contributed by atoms with E-state index in [-0.39, 0.29) is 36.6 Å². The summed E-state index contributed by atoms with van der Waals surface area (Å²) in [7, 11) is 8.27. The fraction of sp³-hybridized carbons (Fsp3) is 0.854. The fourth-order valence-corrected chi connectivity index (χ4v) is 5.83. The van der Waals surface area contributed by atoms with E-state index in [2.05, 4.69) is 69.7 Å². The number of allylic oxidation sites excluding steroid dienone is 2. The second-order valence-corrected chi connectivity index (χ2v) is 14.9. The zero-order valence-corrected chi connectivity index (χ0v) is 35.7. The van der Waals surface area contributed by atoms with E-state index in [1.807, 2.05) is 27.7 Å². The summed E-state index contributed by atoms with van der Waals surface area (Å²) < 4.78 is 0.995. The van der Waals surface area contributed by atoms with E-state index in [0.717, 1.165) is 24.0 Å². The Morgan fingerprint density at radius 3 is 0.915 bits per heavy atom. The highest BCUT2D eigenvalue weighted by Gasteiger charge is 2.33. The molecule has 2 amide bonds. The summed E-state index contributed by atoms with van der Waals surface area (Å²) in [6.45, 7) is 21.2. The average molecular weight is 708 g/mol. The molecule has 47 heavy (non-hydrogen) atoms. The molecule has 0 saturated heterocycles. The Morgan fingerprint density at radius 2 is 0.702 bits per heavy atom. The molecule has 0 radical (unpaired) electrons. The van der Waals surface area contributed by atoms with Crippen LogP contribution >= 0.6 is 0 Å². The van der Waals surface area contributed by atoms with Gasteiger partial charge in [0.25, 0.3) is 0 Å². The van der Waals surface area contributed by atoms with Crippen LogP contribution in [0.2, 0.25) is 0 Å². The van der Waals surface area contributed by atoms with Gasteiger partial charge in [0.05, 0.1) is 40.3 Å². The fourth-order valence-electron chi connectivity index (χ4n) is 5.83. The van der Waals surface area contributed by atoms with Gasteiger partial charge in [-0.2, -0.15) is 0 Å². The Balaban J connectivity index is -0.000000222. The van der Waals surface area contributed by atoms with Gasteiger partial charge in [-0.15, -0.1) is 0 Å². The predicted molar refractivity (Wildman–Crippen MR) is 202 cm³/mol. The number of quaternary nitrogens is 2. The van der Waals surface area contributed by atoms with Crippen LogP contribution in [0.3, 0.4) is 0 Å². The van der Waals surface area contributed by atoms with Crippen LogP contribution in [-0.4, -0.2) is 61.1 Å². The zero-order chi connectivity index (χ0) is 35.3. The predicted octanol–water partition coefficient (Wildman–Crippen LogP) is 6.37. The van der Waals surface area contributed by atoms with Crippen LogP contribution < -0.4 is 24.8 Å². The molecule has 6 heteroatoms. The van der Waals surface area contributed by atoms with Crippen molar-refractivity contribution >= 4 is 11.8 Å². The first-order chi connectivity index (χ1) is 21.1. The monoisotopic (exact) mass is 707 g/mol. The summed E-state index contributed by atoms with van der Waals surface area (Å²) in [5.74, 6) is 0.481. The van der Waals surface area contributed by atoms with Gasteiger partial charge in [-0.25, -0.2) is 9.59 Å². The van der Waals surface area contributed by atoms with Gasteiger partial charge in [-0.05, 0) is 66.2 Å². The minimum Gasteiger partial charge on any atom is -1.00 e. The summed E-state index contributed by atoms with van der Waals surface area (Å²) in [6.07, 6.45) is 28.1. The molecule has 0 rings (SSSR count). The van der Waals surface area contributed by atoms with E-state index >= 15 is 0 Å². The normalized spacial score (nSPS) is 12.0. The van der Waals surface area contributed by atoms with Crippen molar-refractivity contribution in [2.24, 2.45) is 0 Å². The third kappa shape index (κ3) is 29.9. The SMILES string of the molecule is CCC.CCCCCCCCCC(CC)[N+](C)(C)C(=O)C=C(C)C.CCCCCCCCCC(CC)[N+](C)(C)C(=O)C=C(C)C.[Cl-].[Cl-]. The molecule has 0 aliphatic rings. The second kappa shape index (κ2) is 35.2. The highest BCUT2D eigenvalue weighted by atomic mass is 35.5. The van der Waals surface area contributed by atoms with Crippen molar-refractivity contribution in [3.8, 4) is 0 Å². The van der Waals surface area contributed by atoms with E-state index in [4.69, 9.17) is 0 Å². The van der Waals surface area contributed by atoms with Gasteiger partial charge in [-0.1, -0.05) is 136 Å². The minimum atomic E-state index is 0. The smallest absolute Gasteiger partial charge is 0.338 e. The van der Waals surface area contributed by atoms with Crippen LogP contribution in [0.15, 0.2) is 23.3 Å². The van der Waals surface area contributed by atoms with Crippen molar-refractivity contribution in [1.29, 1.82) is 0 Å². The van der Waals surface area contributed by atoms with E-state index in [9.17, 15) is 9.59 Å². The van der Waals surface area contributed by atoms with Crippen molar-refractivity contribution in [3.05, 3.63) is 23.3 Å². The molecule has 0 spiro atoms. The quantitative estimate of drug-likeness (QED) is 0.0745. The Kier molecular flexibility index (Phi) is 41.7. The molecule has 2 atom stereocenters. The van der Waals surface area contributed by atoms with E-state index in [1.54, 1.807) is 12.2 Å². The van der Waals surface area contributed by atoms with Crippen molar-refractivity contribution in [2.75, 3.05) is 28.2 Å². The number of hydrogen-bond acceptors (Lipinski definition) is 2. The van der Waals surface area contributed by atoms with Gasteiger partial charge in [-0.3, -0.25) is 8.97 Å². The maximum Gasteiger partial charge on any atom is 0.338 e. The highest BCUT2D eigenvalue weighted by Crippen LogP contribution is 2.21. The van der Waals surface area contributed by atoms with Crippen molar-refractivity contribution < 1.29 is 43.4 Å². The molecule has 0 aromatic heterocycles. The molecule has 284 valence electrons. The Hall–Kier alpha value is -0.680. The number of carbonyl (C=O) groups is 2. The Morgan fingerprint density at radius 1 is 0.468 bits per heavy atom. The third-order valence-electron chi connectivity index (χ3n) is 9.01. The van der Waals surface area contributed by atoms with Crippen LogP contribution in [0.5, 0.6) is 0 Å².